The van der Waals surface area contributed by atoms with E-state index in [1.54, 1.807) is 12.1 Å². The number of benzene rings is 1. The minimum atomic E-state index is -0.419. The molecular weight excluding hydrogens is 332 g/mol. The molecule has 1 fully saturated rings. The molecule has 0 atom stereocenters. The first-order valence-electron chi connectivity index (χ1n) is 10.2. The van der Waals surface area contributed by atoms with Crippen LogP contribution in [0.5, 0.6) is 0 Å². The van der Waals surface area contributed by atoms with Gasteiger partial charge in [-0.15, -0.1) is 0 Å². The van der Waals surface area contributed by atoms with E-state index in [4.69, 9.17) is 5.73 Å². The lowest BCUT2D eigenvalue weighted by molar-refractivity contribution is 0.100. The molecule has 0 spiro atoms. The fraction of sp³-hybridized carbons (Fsp3) is 0.500. The number of nitrogens with two attached hydrogens (primary N) is 1. The standard InChI is InChI=1S/C14H14N2O.C10H20/c1-2-10-6-7-13(16-9-10)11-4-3-5-12(8-11)14(15)17;1-10(2,3)9-7-5-4-6-8-9/h3-9H,2H2,1H3,(H2,15,17);9H,4-8H2,1-3H3. The van der Waals surface area contributed by atoms with Crippen LogP contribution in [0.4, 0.5) is 0 Å². The highest BCUT2D eigenvalue weighted by atomic mass is 16.1. The molecule has 1 aromatic carbocycles. The molecule has 2 aromatic rings. The molecule has 3 rings (SSSR count). The van der Waals surface area contributed by atoms with Gasteiger partial charge in [0.05, 0.1) is 5.69 Å². The summed E-state index contributed by atoms with van der Waals surface area (Å²) in [7, 11) is 0. The second-order valence-corrected chi connectivity index (χ2v) is 8.55. The molecule has 1 amide bonds. The molecule has 1 aromatic heterocycles. The number of hydrogen-bond acceptors (Lipinski definition) is 2. The second-order valence-electron chi connectivity index (χ2n) is 8.55. The van der Waals surface area contributed by atoms with Gasteiger partial charge in [-0.2, -0.15) is 0 Å². The van der Waals surface area contributed by atoms with Crippen molar-refractivity contribution in [3.63, 3.8) is 0 Å². The summed E-state index contributed by atoms with van der Waals surface area (Å²) in [6.07, 6.45) is 10.2. The molecule has 1 saturated carbocycles. The molecule has 0 radical (unpaired) electrons. The Bertz CT molecular complexity index is 723. The van der Waals surface area contributed by atoms with Crippen LogP contribution in [0.1, 0.15) is 75.7 Å². The monoisotopic (exact) mass is 366 g/mol. The Morgan fingerprint density at radius 2 is 1.81 bits per heavy atom. The largest absolute Gasteiger partial charge is 0.366 e. The molecule has 3 nitrogen and oxygen atoms in total. The summed E-state index contributed by atoms with van der Waals surface area (Å²) in [6.45, 7) is 9.22. The van der Waals surface area contributed by atoms with Crippen molar-refractivity contribution in [3.05, 3.63) is 53.7 Å². The van der Waals surface area contributed by atoms with Crippen molar-refractivity contribution in [2.45, 2.75) is 66.2 Å². The van der Waals surface area contributed by atoms with Gasteiger partial charge in [0.25, 0.3) is 0 Å². The van der Waals surface area contributed by atoms with Gasteiger partial charge in [0.1, 0.15) is 0 Å². The van der Waals surface area contributed by atoms with E-state index in [1.165, 1.54) is 37.7 Å². The maximum atomic E-state index is 11.1. The van der Waals surface area contributed by atoms with Crippen LogP contribution in [0.2, 0.25) is 0 Å². The lowest BCUT2D eigenvalue weighted by Gasteiger charge is -2.33. The zero-order valence-corrected chi connectivity index (χ0v) is 17.3. The lowest BCUT2D eigenvalue weighted by Crippen LogP contribution is -2.22. The van der Waals surface area contributed by atoms with Crippen molar-refractivity contribution in [1.29, 1.82) is 0 Å². The molecule has 0 aliphatic heterocycles. The van der Waals surface area contributed by atoms with E-state index in [1.807, 2.05) is 30.5 Å². The van der Waals surface area contributed by atoms with Crippen LogP contribution < -0.4 is 5.73 Å². The number of hydrogen-bond donors (Lipinski definition) is 1. The molecule has 2 N–H and O–H groups in total. The average molecular weight is 367 g/mol. The van der Waals surface area contributed by atoms with E-state index < -0.39 is 5.91 Å². The first-order valence-corrected chi connectivity index (χ1v) is 10.2. The number of aromatic nitrogens is 1. The zero-order chi connectivity index (χ0) is 19.9. The third kappa shape index (κ3) is 6.50. The molecule has 3 heteroatoms. The summed E-state index contributed by atoms with van der Waals surface area (Å²) >= 11 is 0. The van der Waals surface area contributed by atoms with Crippen molar-refractivity contribution >= 4 is 5.91 Å². The molecule has 27 heavy (non-hydrogen) atoms. The SMILES string of the molecule is CC(C)(C)C1CCCCC1.CCc1ccc(-c2cccc(C(N)=O)c2)nc1. The Kier molecular flexibility index (Phi) is 7.58. The molecule has 1 aliphatic carbocycles. The summed E-state index contributed by atoms with van der Waals surface area (Å²) in [5.41, 5.74) is 9.27. The van der Waals surface area contributed by atoms with Gasteiger partial charge in [-0.25, -0.2) is 0 Å². The van der Waals surface area contributed by atoms with Gasteiger partial charge in [-0.05, 0) is 54.4 Å². The van der Waals surface area contributed by atoms with E-state index in [0.717, 1.165) is 23.6 Å². The fourth-order valence-corrected chi connectivity index (χ4v) is 3.60. The molecule has 146 valence electrons. The molecule has 0 saturated heterocycles. The summed E-state index contributed by atoms with van der Waals surface area (Å²) < 4.78 is 0. The number of nitrogens with zero attached hydrogens (tertiary/aromatic N) is 1. The van der Waals surface area contributed by atoms with Crippen LogP contribution in [-0.4, -0.2) is 10.9 Å². The second kappa shape index (κ2) is 9.68. The van der Waals surface area contributed by atoms with Crippen molar-refractivity contribution < 1.29 is 4.79 Å². The molecule has 1 heterocycles. The number of carbonyl (C=O) groups excluding carboxylic acids is 1. The van der Waals surface area contributed by atoms with Gasteiger partial charge in [-0.1, -0.05) is 65.2 Å². The Labute approximate surface area is 164 Å². The lowest BCUT2D eigenvalue weighted by atomic mass is 9.72. The Morgan fingerprint density at radius 3 is 2.30 bits per heavy atom. The predicted molar refractivity (Wildman–Crippen MR) is 114 cm³/mol. The molecular formula is C24H34N2O. The van der Waals surface area contributed by atoms with Crippen LogP contribution in [0.15, 0.2) is 42.6 Å². The Hall–Kier alpha value is -2.16. The highest BCUT2D eigenvalue weighted by Gasteiger charge is 2.25. The molecule has 0 bridgehead atoms. The van der Waals surface area contributed by atoms with Gasteiger partial charge < -0.3 is 5.73 Å². The van der Waals surface area contributed by atoms with E-state index in [2.05, 4.69) is 32.7 Å². The molecule has 1 aliphatic rings. The summed E-state index contributed by atoms with van der Waals surface area (Å²) in [6, 6.07) is 11.2. The Morgan fingerprint density at radius 1 is 1.11 bits per heavy atom. The average Bonchev–Trinajstić information content (AvgIpc) is 2.69. The quantitative estimate of drug-likeness (QED) is 0.722. The first-order chi connectivity index (χ1) is 12.8. The third-order valence-corrected chi connectivity index (χ3v) is 5.51. The number of aryl methyl sites for hydroxylation is 1. The van der Waals surface area contributed by atoms with Crippen molar-refractivity contribution in [2.24, 2.45) is 17.1 Å². The van der Waals surface area contributed by atoms with Crippen LogP contribution in [0.25, 0.3) is 11.3 Å². The van der Waals surface area contributed by atoms with E-state index in [-0.39, 0.29) is 0 Å². The zero-order valence-electron chi connectivity index (χ0n) is 17.3. The van der Waals surface area contributed by atoms with Crippen LogP contribution in [0.3, 0.4) is 0 Å². The van der Waals surface area contributed by atoms with Crippen LogP contribution in [0, 0.1) is 11.3 Å². The van der Waals surface area contributed by atoms with Crippen molar-refractivity contribution in [3.8, 4) is 11.3 Å². The number of pyridine rings is 1. The number of amides is 1. The smallest absolute Gasteiger partial charge is 0.248 e. The summed E-state index contributed by atoms with van der Waals surface area (Å²) in [5, 5.41) is 0. The van der Waals surface area contributed by atoms with Gasteiger partial charge in [0.15, 0.2) is 0 Å². The van der Waals surface area contributed by atoms with E-state index in [9.17, 15) is 4.79 Å². The summed E-state index contributed by atoms with van der Waals surface area (Å²) in [4.78, 5) is 15.5. The minimum absolute atomic E-state index is 0.419. The van der Waals surface area contributed by atoms with Crippen LogP contribution >= 0.6 is 0 Å². The van der Waals surface area contributed by atoms with Gasteiger partial charge in [-0.3, -0.25) is 9.78 Å². The van der Waals surface area contributed by atoms with Crippen molar-refractivity contribution in [2.75, 3.05) is 0 Å². The number of carbonyl (C=O) groups is 1. The number of rotatable bonds is 3. The fourth-order valence-electron chi connectivity index (χ4n) is 3.60. The van der Waals surface area contributed by atoms with Crippen molar-refractivity contribution in [1.82, 2.24) is 4.98 Å². The maximum Gasteiger partial charge on any atom is 0.248 e. The van der Waals surface area contributed by atoms with Gasteiger partial charge >= 0.3 is 0 Å². The maximum absolute atomic E-state index is 11.1. The molecule has 0 unspecified atom stereocenters. The van der Waals surface area contributed by atoms with E-state index >= 15 is 0 Å². The number of primary amides is 1. The van der Waals surface area contributed by atoms with Gasteiger partial charge in [0, 0.05) is 17.3 Å². The Balaban J connectivity index is 0.000000223. The predicted octanol–water partition coefficient (Wildman–Crippen LogP) is 6.02. The third-order valence-electron chi connectivity index (χ3n) is 5.51. The topological polar surface area (TPSA) is 56.0 Å². The first kappa shape index (κ1) is 21.1. The normalized spacial score (nSPS) is 15.0. The highest BCUT2D eigenvalue weighted by molar-refractivity contribution is 5.93. The minimum Gasteiger partial charge on any atom is -0.366 e. The summed E-state index contributed by atoms with van der Waals surface area (Å²) in [5.74, 6) is 0.582. The van der Waals surface area contributed by atoms with Gasteiger partial charge in [0.2, 0.25) is 5.91 Å². The highest BCUT2D eigenvalue weighted by Crippen LogP contribution is 2.37. The van der Waals surface area contributed by atoms with E-state index in [0.29, 0.717) is 11.0 Å². The van der Waals surface area contributed by atoms with Crippen LogP contribution in [-0.2, 0) is 6.42 Å².